The van der Waals surface area contributed by atoms with Crippen molar-refractivity contribution in [3.05, 3.63) is 80.8 Å². The molecule has 1 amide bonds. The molecule has 2 N–H and O–H groups in total. The van der Waals surface area contributed by atoms with Crippen LogP contribution in [0, 0.1) is 0 Å². The predicted octanol–water partition coefficient (Wildman–Crippen LogP) is 6.86. The molecular weight excluding hydrogens is 557 g/mol. The zero-order valence-corrected chi connectivity index (χ0v) is 24.1. The second-order valence-electron chi connectivity index (χ2n) is 9.36. The lowest BCUT2D eigenvalue weighted by molar-refractivity contribution is -0.132. The molecule has 0 radical (unpaired) electrons. The van der Waals surface area contributed by atoms with Gasteiger partial charge in [-0.05, 0) is 54.3 Å². The molecule has 1 fully saturated rings. The highest BCUT2D eigenvalue weighted by molar-refractivity contribution is 6.52. The van der Waals surface area contributed by atoms with Crippen molar-refractivity contribution in [2.24, 2.45) is 0 Å². The Hall–Kier alpha value is -3.88. The molecule has 0 aliphatic carbocycles. The molecule has 0 aromatic heterocycles. The highest BCUT2D eigenvalue weighted by Gasteiger charge is 2.47. The minimum atomic E-state index is -1.09. The Morgan fingerprint density at radius 2 is 1.65 bits per heavy atom. The fourth-order valence-corrected chi connectivity index (χ4v) is 5.38. The highest BCUT2D eigenvalue weighted by atomic mass is 35.5. The number of aromatic hydroxyl groups is 1. The maximum Gasteiger partial charge on any atom is 0.300 e. The molecule has 3 aromatic carbocycles. The number of aliphatic hydroxyl groups excluding tert-OH is 1. The molecule has 210 valence electrons. The van der Waals surface area contributed by atoms with Crippen LogP contribution in [-0.2, 0) is 9.59 Å². The average molecular weight is 586 g/mol. The number of phenols is 1. The molecule has 40 heavy (non-hydrogen) atoms. The maximum atomic E-state index is 13.6. The quantitative estimate of drug-likeness (QED) is 0.169. The van der Waals surface area contributed by atoms with Crippen LogP contribution >= 0.6 is 23.2 Å². The topological polar surface area (TPSA) is 106 Å². The number of amides is 1. The summed E-state index contributed by atoms with van der Waals surface area (Å²) in [5.41, 5.74) is 1.69. The SMILES string of the molecule is CCOc1cc(C2/C(=C(\O)c3cc(Cl)c(OC)c(Cl)c3OC)C(=O)C(=O)N2c2ccc(C(C)C)cc2)ccc1O. The molecule has 0 saturated carbocycles. The second kappa shape index (κ2) is 11.7. The van der Waals surface area contributed by atoms with Crippen LogP contribution in [0.5, 0.6) is 23.0 Å². The predicted molar refractivity (Wildman–Crippen MR) is 154 cm³/mol. The molecule has 1 saturated heterocycles. The molecule has 1 aliphatic heterocycles. The van der Waals surface area contributed by atoms with Crippen molar-refractivity contribution in [1.29, 1.82) is 0 Å². The second-order valence-corrected chi connectivity index (χ2v) is 10.1. The number of carbonyl (C=O) groups is 2. The fourth-order valence-electron chi connectivity index (χ4n) is 4.70. The Labute approximate surface area is 242 Å². The number of anilines is 1. The van der Waals surface area contributed by atoms with E-state index in [1.807, 2.05) is 26.0 Å². The summed E-state index contributed by atoms with van der Waals surface area (Å²) in [7, 11) is 2.72. The van der Waals surface area contributed by atoms with E-state index >= 15 is 0 Å². The Morgan fingerprint density at radius 3 is 2.23 bits per heavy atom. The highest BCUT2D eigenvalue weighted by Crippen LogP contribution is 2.48. The van der Waals surface area contributed by atoms with E-state index in [0.29, 0.717) is 11.3 Å². The number of aliphatic hydroxyl groups is 1. The van der Waals surface area contributed by atoms with Crippen molar-refractivity contribution in [3.63, 3.8) is 0 Å². The summed E-state index contributed by atoms with van der Waals surface area (Å²) in [6, 6.07) is 12.0. The van der Waals surface area contributed by atoms with Gasteiger partial charge in [0.1, 0.15) is 10.8 Å². The molecule has 8 nitrogen and oxygen atoms in total. The smallest absolute Gasteiger partial charge is 0.300 e. The number of halogens is 2. The number of phenolic OH excluding ortho intramolecular Hbond substituents is 1. The van der Waals surface area contributed by atoms with E-state index in [1.54, 1.807) is 25.1 Å². The summed E-state index contributed by atoms with van der Waals surface area (Å²) in [5.74, 6) is -1.88. The van der Waals surface area contributed by atoms with Crippen LogP contribution in [-0.4, -0.2) is 42.7 Å². The Kier molecular flexibility index (Phi) is 8.51. The summed E-state index contributed by atoms with van der Waals surface area (Å²) in [6.45, 7) is 6.13. The molecular formula is C30H29Cl2NO7. The van der Waals surface area contributed by atoms with Crippen LogP contribution in [0.15, 0.2) is 54.1 Å². The lowest BCUT2D eigenvalue weighted by atomic mass is 9.94. The first kappa shape index (κ1) is 29.1. The average Bonchev–Trinajstić information content (AvgIpc) is 3.19. The van der Waals surface area contributed by atoms with Crippen LogP contribution in [0.4, 0.5) is 5.69 Å². The molecule has 1 heterocycles. The lowest BCUT2D eigenvalue weighted by Crippen LogP contribution is -2.29. The van der Waals surface area contributed by atoms with E-state index in [1.165, 1.54) is 37.3 Å². The molecule has 0 bridgehead atoms. The normalized spacial score (nSPS) is 16.5. The third-order valence-corrected chi connectivity index (χ3v) is 7.30. The largest absolute Gasteiger partial charge is 0.507 e. The number of nitrogens with zero attached hydrogens (tertiary/aromatic N) is 1. The van der Waals surface area contributed by atoms with Crippen molar-refractivity contribution in [1.82, 2.24) is 0 Å². The monoisotopic (exact) mass is 585 g/mol. The summed E-state index contributed by atoms with van der Waals surface area (Å²) in [4.78, 5) is 28.5. The zero-order chi connectivity index (χ0) is 29.3. The van der Waals surface area contributed by atoms with E-state index in [0.717, 1.165) is 5.56 Å². The van der Waals surface area contributed by atoms with E-state index in [4.69, 9.17) is 37.4 Å². The van der Waals surface area contributed by atoms with Gasteiger partial charge in [0.25, 0.3) is 11.7 Å². The van der Waals surface area contributed by atoms with Gasteiger partial charge in [-0.1, -0.05) is 55.2 Å². The third kappa shape index (κ3) is 5.05. The van der Waals surface area contributed by atoms with Crippen molar-refractivity contribution in [2.45, 2.75) is 32.7 Å². The van der Waals surface area contributed by atoms with Gasteiger partial charge in [0.05, 0.1) is 43.0 Å². The number of hydrogen-bond acceptors (Lipinski definition) is 7. The Balaban J connectivity index is 2.01. The van der Waals surface area contributed by atoms with E-state index in [-0.39, 0.29) is 56.7 Å². The minimum absolute atomic E-state index is 0.000246. The van der Waals surface area contributed by atoms with Gasteiger partial charge < -0.3 is 24.4 Å². The summed E-state index contributed by atoms with van der Waals surface area (Å²) < 4.78 is 16.3. The van der Waals surface area contributed by atoms with E-state index < -0.39 is 23.5 Å². The summed E-state index contributed by atoms with van der Waals surface area (Å²) in [5, 5.41) is 22.0. The number of hydrogen-bond donors (Lipinski definition) is 2. The van der Waals surface area contributed by atoms with Crippen LogP contribution < -0.4 is 19.1 Å². The number of rotatable bonds is 8. The molecule has 1 atom stereocenters. The van der Waals surface area contributed by atoms with Gasteiger partial charge >= 0.3 is 0 Å². The summed E-state index contributed by atoms with van der Waals surface area (Å²) in [6.07, 6.45) is 0. The van der Waals surface area contributed by atoms with Gasteiger partial charge in [-0.15, -0.1) is 0 Å². The van der Waals surface area contributed by atoms with Gasteiger partial charge in [0.15, 0.2) is 23.0 Å². The fraction of sp³-hybridized carbons (Fsp3) is 0.267. The number of ketones is 1. The molecule has 10 heteroatoms. The molecule has 4 rings (SSSR count). The number of Topliss-reactive ketones (excluding diaryl/α,β-unsaturated/α-hetero) is 1. The van der Waals surface area contributed by atoms with Crippen LogP contribution in [0.1, 0.15) is 49.4 Å². The zero-order valence-electron chi connectivity index (χ0n) is 22.6. The van der Waals surface area contributed by atoms with Crippen molar-refractivity contribution < 1.29 is 34.0 Å². The number of methoxy groups -OCH3 is 2. The summed E-state index contributed by atoms with van der Waals surface area (Å²) >= 11 is 12.8. The number of carbonyl (C=O) groups excluding carboxylic acids is 2. The van der Waals surface area contributed by atoms with Gasteiger partial charge in [0, 0.05) is 5.69 Å². The molecule has 0 spiro atoms. The first-order valence-corrected chi connectivity index (χ1v) is 13.3. The standard InChI is InChI=1S/C30H29Cl2NO7/c1-6-40-22-13-17(9-12-21(22)34)25-23(26(35)19-14-20(31)29(39-5)24(32)28(19)38-4)27(36)30(37)33(25)18-10-7-16(8-11-18)15(2)3/h7-15,25,34-35H,6H2,1-5H3/b26-23+. The molecule has 3 aromatic rings. The Morgan fingerprint density at radius 1 is 1.00 bits per heavy atom. The van der Waals surface area contributed by atoms with Crippen molar-refractivity contribution in [3.8, 4) is 23.0 Å². The first-order chi connectivity index (χ1) is 19.0. The Bertz CT molecular complexity index is 1500. The van der Waals surface area contributed by atoms with E-state index in [9.17, 15) is 19.8 Å². The maximum absolute atomic E-state index is 13.6. The number of benzene rings is 3. The molecule has 1 unspecified atom stereocenters. The van der Waals surface area contributed by atoms with Gasteiger partial charge in [-0.25, -0.2) is 0 Å². The third-order valence-electron chi connectivity index (χ3n) is 6.68. The van der Waals surface area contributed by atoms with Crippen LogP contribution in [0.3, 0.4) is 0 Å². The van der Waals surface area contributed by atoms with Crippen LogP contribution in [0.25, 0.3) is 5.76 Å². The minimum Gasteiger partial charge on any atom is -0.507 e. The van der Waals surface area contributed by atoms with Gasteiger partial charge in [-0.2, -0.15) is 0 Å². The first-order valence-electron chi connectivity index (χ1n) is 12.5. The van der Waals surface area contributed by atoms with Crippen molar-refractivity contribution >= 4 is 46.3 Å². The molecule has 1 aliphatic rings. The van der Waals surface area contributed by atoms with Crippen LogP contribution in [0.2, 0.25) is 10.0 Å². The van der Waals surface area contributed by atoms with Gasteiger partial charge in [0.2, 0.25) is 0 Å². The van der Waals surface area contributed by atoms with E-state index in [2.05, 4.69) is 0 Å². The lowest BCUT2D eigenvalue weighted by Gasteiger charge is -2.26. The van der Waals surface area contributed by atoms with Crippen molar-refractivity contribution in [2.75, 3.05) is 25.7 Å². The van der Waals surface area contributed by atoms with Gasteiger partial charge in [-0.3, -0.25) is 14.5 Å². The number of ether oxygens (including phenoxy) is 3.